The highest BCUT2D eigenvalue weighted by atomic mass is 19.1. The fourth-order valence-electron chi connectivity index (χ4n) is 2.32. The molecule has 1 unspecified atom stereocenters. The zero-order valence-corrected chi connectivity index (χ0v) is 10.7. The van der Waals surface area contributed by atoms with Crippen LogP contribution in [-0.2, 0) is 11.3 Å². The molecule has 104 valence electrons. The number of hydrogen-bond donors (Lipinski definition) is 2. The van der Waals surface area contributed by atoms with Gasteiger partial charge in [-0.3, -0.25) is 0 Å². The summed E-state index contributed by atoms with van der Waals surface area (Å²) in [7, 11) is 1.32. The number of hydrogen-bond acceptors (Lipinski definition) is 4. The van der Waals surface area contributed by atoms with E-state index in [1.165, 1.54) is 13.2 Å². The van der Waals surface area contributed by atoms with Crippen LogP contribution in [0.2, 0.25) is 0 Å². The van der Waals surface area contributed by atoms with Gasteiger partial charge < -0.3 is 20.1 Å². The van der Waals surface area contributed by atoms with Gasteiger partial charge in [-0.1, -0.05) is 6.07 Å². The monoisotopic (exact) mass is 268 g/mol. The second-order valence-electron chi connectivity index (χ2n) is 4.46. The van der Waals surface area contributed by atoms with Crippen LogP contribution in [0, 0.1) is 5.82 Å². The molecule has 0 spiro atoms. The van der Waals surface area contributed by atoms with E-state index >= 15 is 0 Å². The Labute approximate surface area is 111 Å². The number of benzene rings is 1. The lowest BCUT2D eigenvalue weighted by molar-refractivity contribution is 0.167. The molecule has 1 aliphatic rings. The van der Waals surface area contributed by atoms with E-state index in [9.17, 15) is 14.3 Å². The van der Waals surface area contributed by atoms with Gasteiger partial charge in [-0.05, 0) is 18.6 Å². The summed E-state index contributed by atoms with van der Waals surface area (Å²) < 4.78 is 18.1. The zero-order chi connectivity index (χ0) is 13.8. The molecule has 2 rings (SSSR count). The number of methoxy groups -OCH3 is 1. The van der Waals surface area contributed by atoms with E-state index in [2.05, 4.69) is 10.1 Å². The molecule has 0 aliphatic carbocycles. The Morgan fingerprint density at radius 3 is 3.11 bits per heavy atom. The summed E-state index contributed by atoms with van der Waals surface area (Å²) in [6.45, 7) is 0.935. The maximum absolute atomic E-state index is 13.6. The van der Waals surface area contributed by atoms with Gasteiger partial charge in [-0.25, -0.2) is 9.18 Å². The number of ether oxygens (including phenoxy) is 1. The zero-order valence-electron chi connectivity index (χ0n) is 10.7. The van der Waals surface area contributed by atoms with Crippen LogP contribution in [-0.4, -0.2) is 37.4 Å². The Kier molecular flexibility index (Phi) is 4.21. The summed E-state index contributed by atoms with van der Waals surface area (Å²) in [5.74, 6) is -0.413. The first kappa shape index (κ1) is 13.6. The number of nitrogens with one attached hydrogen (secondary N) is 1. The molecule has 1 saturated heterocycles. The number of carbonyl (C=O) groups is 1. The lowest BCUT2D eigenvalue weighted by Gasteiger charge is -2.21. The first-order valence-electron chi connectivity index (χ1n) is 6.13. The Bertz CT molecular complexity index is 467. The molecule has 1 amide bonds. The van der Waals surface area contributed by atoms with Crippen LogP contribution in [0.5, 0.6) is 0 Å². The van der Waals surface area contributed by atoms with Crippen molar-refractivity contribution < 1.29 is 19.0 Å². The minimum absolute atomic E-state index is 0.0257. The summed E-state index contributed by atoms with van der Waals surface area (Å²) in [5, 5.41) is 12.0. The molecular weight excluding hydrogens is 251 g/mol. The van der Waals surface area contributed by atoms with Gasteiger partial charge in [0.2, 0.25) is 0 Å². The van der Waals surface area contributed by atoms with E-state index < -0.39 is 11.9 Å². The molecule has 1 atom stereocenters. The predicted octanol–water partition coefficient (Wildman–Crippen LogP) is 1.25. The number of aliphatic hydroxyl groups is 1. The van der Waals surface area contributed by atoms with Gasteiger partial charge in [0.25, 0.3) is 0 Å². The number of rotatable bonds is 3. The molecule has 1 aliphatic heterocycles. The minimum atomic E-state index is -0.464. The SMILES string of the molecule is COC(=O)NC1CCN(c2cccc(F)c2CO)C1. The molecular formula is C13H17FN2O3. The molecule has 1 fully saturated rings. The normalized spacial score (nSPS) is 18.5. The topological polar surface area (TPSA) is 61.8 Å². The molecule has 0 aromatic heterocycles. The molecule has 0 bridgehead atoms. The van der Waals surface area contributed by atoms with Crippen LogP contribution in [0.4, 0.5) is 14.9 Å². The average Bonchev–Trinajstić information content (AvgIpc) is 2.86. The summed E-state index contributed by atoms with van der Waals surface area (Å²) in [6, 6.07) is 4.69. The largest absolute Gasteiger partial charge is 0.453 e. The van der Waals surface area contributed by atoms with Crippen LogP contribution in [0.1, 0.15) is 12.0 Å². The number of nitrogens with zero attached hydrogens (tertiary/aromatic N) is 1. The van der Waals surface area contributed by atoms with Crippen molar-refractivity contribution >= 4 is 11.8 Å². The van der Waals surface area contributed by atoms with Gasteiger partial charge in [0.15, 0.2) is 0 Å². The standard InChI is InChI=1S/C13H17FN2O3/c1-19-13(18)15-9-5-6-16(7-9)12-4-2-3-11(14)10(12)8-17/h2-4,9,17H,5-8H2,1H3,(H,15,18). The Morgan fingerprint density at radius 1 is 1.63 bits per heavy atom. The minimum Gasteiger partial charge on any atom is -0.453 e. The second-order valence-corrected chi connectivity index (χ2v) is 4.46. The van der Waals surface area contributed by atoms with E-state index in [0.29, 0.717) is 24.3 Å². The lowest BCUT2D eigenvalue weighted by Crippen LogP contribution is -2.37. The molecule has 19 heavy (non-hydrogen) atoms. The Morgan fingerprint density at radius 2 is 2.42 bits per heavy atom. The maximum Gasteiger partial charge on any atom is 0.407 e. The fraction of sp³-hybridized carbons (Fsp3) is 0.462. The second kappa shape index (κ2) is 5.88. The highest BCUT2D eigenvalue weighted by molar-refractivity contribution is 5.67. The molecule has 1 heterocycles. The first-order chi connectivity index (χ1) is 9.15. The third-order valence-corrected chi connectivity index (χ3v) is 3.29. The fourth-order valence-corrected chi connectivity index (χ4v) is 2.32. The number of halogens is 1. The van der Waals surface area contributed by atoms with Crippen molar-refractivity contribution in [2.45, 2.75) is 19.1 Å². The van der Waals surface area contributed by atoms with Crippen molar-refractivity contribution in [3.05, 3.63) is 29.6 Å². The number of carbonyl (C=O) groups excluding carboxylic acids is 1. The maximum atomic E-state index is 13.6. The van der Waals surface area contributed by atoms with E-state index in [4.69, 9.17) is 0 Å². The highest BCUT2D eigenvalue weighted by Crippen LogP contribution is 2.26. The molecule has 1 aromatic carbocycles. The Balaban J connectivity index is 2.09. The van der Waals surface area contributed by atoms with Gasteiger partial charge in [-0.2, -0.15) is 0 Å². The van der Waals surface area contributed by atoms with E-state index in [1.807, 2.05) is 4.90 Å². The molecule has 1 aromatic rings. The van der Waals surface area contributed by atoms with Crippen molar-refractivity contribution in [3.8, 4) is 0 Å². The van der Waals surface area contributed by atoms with Crippen molar-refractivity contribution in [1.82, 2.24) is 5.32 Å². The van der Waals surface area contributed by atoms with Crippen LogP contribution >= 0.6 is 0 Å². The van der Waals surface area contributed by atoms with Crippen LogP contribution in [0.25, 0.3) is 0 Å². The number of amides is 1. The Hall–Kier alpha value is -1.82. The average molecular weight is 268 g/mol. The molecule has 0 saturated carbocycles. The number of alkyl carbamates (subject to hydrolysis) is 1. The van der Waals surface area contributed by atoms with Gasteiger partial charge in [0, 0.05) is 24.3 Å². The predicted molar refractivity (Wildman–Crippen MR) is 68.5 cm³/mol. The van der Waals surface area contributed by atoms with Gasteiger partial charge in [-0.15, -0.1) is 0 Å². The third-order valence-electron chi connectivity index (χ3n) is 3.29. The first-order valence-corrected chi connectivity index (χ1v) is 6.13. The van der Waals surface area contributed by atoms with Crippen LogP contribution in [0.15, 0.2) is 18.2 Å². The number of anilines is 1. The van der Waals surface area contributed by atoms with Crippen molar-refractivity contribution in [3.63, 3.8) is 0 Å². The summed E-state index contributed by atoms with van der Waals surface area (Å²) >= 11 is 0. The summed E-state index contributed by atoms with van der Waals surface area (Å²) in [6.07, 6.45) is 0.296. The molecule has 6 heteroatoms. The third kappa shape index (κ3) is 2.96. The lowest BCUT2D eigenvalue weighted by atomic mass is 10.1. The highest BCUT2D eigenvalue weighted by Gasteiger charge is 2.26. The van der Waals surface area contributed by atoms with Crippen LogP contribution in [0.3, 0.4) is 0 Å². The van der Waals surface area contributed by atoms with Crippen molar-refractivity contribution in [2.75, 3.05) is 25.1 Å². The molecule has 0 radical (unpaired) electrons. The van der Waals surface area contributed by atoms with Gasteiger partial charge in [0.05, 0.1) is 19.8 Å². The van der Waals surface area contributed by atoms with Gasteiger partial charge >= 0.3 is 6.09 Å². The summed E-state index contributed by atoms with van der Waals surface area (Å²) in [4.78, 5) is 13.1. The molecule has 5 nitrogen and oxygen atoms in total. The van der Waals surface area contributed by atoms with E-state index in [1.54, 1.807) is 12.1 Å². The molecule has 2 N–H and O–H groups in total. The van der Waals surface area contributed by atoms with E-state index in [0.717, 1.165) is 6.42 Å². The van der Waals surface area contributed by atoms with Crippen molar-refractivity contribution in [2.24, 2.45) is 0 Å². The van der Waals surface area contributed by atoms with Crippen LogP contribution < -0.4 is 10.2 Å². The smallest absolute Gasteiger partial charge is 0.407 e. The van der Waals surface area contributed by atoms with Gasteiger partial charge in [0.1, 0.15) is 5.82 Å². The number of aliphatic hydroxyl groups excluding tert-OH is 1. The van der Waals surface area contributed by atoms with Crippen molar-refractivity contribution in [1.29, 1.82) is 0 Å². The quantitative estimate of drug-likeness (QED) is 0.866. The summed E-state index contributed by atoms with van der Waals surface area (Å²) in [5.41, 5.74) is 0.970. The van der Waals surface area contributed by atoms with E-state index in [-0.39, 0.29) is 12.6 Å².